The van der Waals surface area contributed by atoms with Crippen LogP contribution in [0, 0.1) is 0 Å². The van der Waals surface area contributed by atoms with Gasteiger partial charge in [0.15, 0.2) is 5.96 Å². The maximum atomic E-state index is 10.4. The van der Waals surface area contributed by atoms with Crippen molar-refractivity contribution < 1.29 is 14.3 Å². The monoisotopic (exact) mass is 637 g/mol. The van der Waals surface area contributed by atoms with Crippen molar-refractivity contribution in [3.05, 3.63) is 88.0 Å². The molecule has 0 radical (unpaired) electrons. The number of hydrogen-bond acceptors (Lipinski definition) is 6. The van der Waals surface area contributed by atoms with Gasteiger partial charge in [0.25, 0.3) is 0 Å². The lowest BCUT2D eigenvalue weighted by Gasteiger charge is -2.26. The summed E-state index contributed by atoms with van der Waals surface area (Å²) in [5.41, 5.74) is 18.1. The third kappa shape index (κ3) is 17.3. The first kappa shape index (κ1) is 43.9. The number of nitrogens with zero attached hydrogens (tertiary/aromatic N) is 2. The average Bonchev–Trinajstić information content (AvgIpc) is 3.01. The van der Waals surface area contributed by atoms with Gasteiger partial charge in [-0.05, 0) is 90.7 Å². The number of rotatable bonds is 9. The summed E-state index contributed by atoms with van der Waals surface area (Å²) in [6.07, 6.45) is 7.19. The molecule has 0 heterocycles. The fourth-order valence-electron chi connectivity index (χ4n) is 4.34. The smallest absolute Gasteiger partial charge is 0.438 e. The van der Waals surface area contributed by atoms with Crippen LogP contribution >= 0.6 is 0 Å². The van der Waals surface area contributed by atoms with Crippen molar-refractivity contribution in [2.24, 2.45) is 16.5 Å². The van der Waals surface area contributed by atoms with E-state index < -0.39 is 6.16 Å². The molecule has 0 saturated heterocycles. The van der Waals surface area contributed by atoms with Gasteiger partial charge in [0.1, 0.15) is 0 Å². The van der Waals surface area contributed by atoms with E-state index in [-0.39, 0.29) is 12.6 Å². The molecule has 2 aromatic rings. The molecule has 2 aromatic carbocycles. The molecule has 8 nitrogen and oxygen atoms in total. The predicted molar refractivity (Wildman–Crippen MR) is 201 cm³/mol. The number of methoxy groups -OCH3 is 1. The van der Waals surface area contributed by atoms with E-state index in [4.69, 9.17) is 11.5 Å². The Morgan fingerprint density at radius 1 is 1.02 bits per heavy atom. The number of anilines is 1. The van der Waals surface area contributed by atoms with Crippen LogP contribution in [-0.2, 0) is 15.9 Å². The van der Waals surface area contributed by atoms with Gasteiger partial charge >= 0.3 is 6.16 Å². The number of carbonyl (C=O) groups is 1. The summed E-state index contributed by atoms with van der Waals surface area (Å²) in [7, 11) is 3.20. The summed E-state index contributed by atoms with van der Waals surface area (Å²) in [5, 5.41) is 5.60. The third-order valence-corrected chi connectivity index (χ3v) is 6.05. The number of nitrogens with two attached hydrogens (primary N) is 2. The molecule has 0 aliphatic heterocycles. The van der Waals surface area contributed by atoms with Crippen molar-refractivity contribution in [3.8, 4) is 0 Å². The molecule has 5 N–H and O–H groups in total. The van der Waals surface area contributed by atoms with Crippen LogP contribution in [0.3, 0.4) is 0 Å². The lowest BCUT2D eigenvalue weighted by Crippen LogP contribution is -2.25. The highest BCUT2D eigenvalue weighted by atomic mass is 16.7. The molecule has 0 amide bonds. The Morgan fingerprint density at radius 3 is 2.11 bits per heavy atom. The van der Waals surface area contributed by atoms with Gasteiger partial charge in [-0.15, -0.1) is 6.58 Å². The van der Waals surface area contributed by atoms with Gasteiger partial charge in [-0.2, -0.15) is 0 Å². The second kappa shape index (κ2) is 27.1. The quantitative estimate of drug-likeness (QED) is 0.0930. The van der Waals surface area contributed by atoms with Crippen LogP contribution in [0.2, 0.25) is 0 Å². The van der Waals surface area contributed by atoms with Crippen molar-refractivity contribution >= 4 is 30.0 Å². The summed E-state index contributed by atoms with van der Waals surface area (Å²) in [4.78, 5) is 16.5. The number of carbonyl (C=O) groups excluding carboxylic acids is 1. The molecule has 0 saturated carbocycles. The van der Waals surface area contributed by atoms with Crippen LogP contribution in [0.15, 0.2) is 65.8 Å². The zero-order chi connectivity index (χ0) is 35.5. The van der Waals surface area contributed by atoms with E-state index in [0.29, 0.717) is 13.0 Å². The molecule has 3 rings (SSSR count). The molecule has 0 fully saturated rings. The summed E-state index contributed by atoms with van der Waals surface area (Å²) >= 11 is 0. The van der Waals surface area contributed by atoms with E-state index in [1.165, 1.54) is 58.7 Å². The minimum atomic E-state index is -0.695. The highest BCUT2D eigenvalue weighted by Gasteiger charge is 2.19. The maximum Gasteiger partial charge on any atom is 0.507 e. The number of nitrogens with one attached hydrogen (secondary N) is 1. The number of fused-ring (bicyclic) bond motifs is 2. The molecule has 8 heteroatoms. The van der Waals surface area contributed by atoms with Crippen molar-refractivity contribution in [1.82, 2.24) is 5.32 Å². The largest absolute Gasteiger partial charge is 0.507 e. The Morgan fingerprint density at radius 2 is 1.61 bits per heavy atom. The molecular formula is C38H63N5O3. The molecule has 258 valence electrons. The Bertz CT molecular complexity index is 1310. The molecule has 1 aliphatic rings. The van der Waals surface area contributed by atoms with E-state index in [1.54, 1.807) is 6.08 Å². The Labute approximate surface area is 280 Å². The Balaban J connectivity index is 0. The summed E-state index contributed by atoms with van der Waals surface area (Å²) < 4.78 is 8.79. The molecule has 0 unspecified atom stereocenters. The molecule has 0 atom stereocenters. The average molecular weight is 638 g/mol. The normalized spacial score (nSPS) is 10.6. The summed E-state index contributed by atoms with van der Waals surface area (Å²) in [6, 6.07) is 13.5. The van der Waals surface area contributed by atoms with Gasteiger partial charge in [0, 0.05) is 38.8 Å². The minimum Gasteiger partial charge on any atom is -0.438 e. The van der Waals surface area contributed by atoms with Gasteiger partial charge in [-0.1, -0.05) is 77.5 Å². The van der Waals surface area contributed by atoms with Gasteiger partial charge in [0.05, 0.1) is 13.7 Å². The predicted octanol–water partition coefficient (Wildman–Crippen LogP) is 6.63. The SMILES string of the molecule is C=CC.C=c1ccc2c(c1)Cc1cc(N(CC)CC)ccc1C=2C(C)=CNC.CCC.CCC.COC(=O)OCCCN=C(N)N. The third-order valence-electron chi connectivity index (χ3n) is 6.05. The summed E-state index contributed by atoms with van der Waals surface area (Å²) in [5.74, 6) is 0.0352. The van der Waals surface area contributed by atoms with Gasteiger partial charge < -0.3 is 31.2 Å². The van der Waals surface area contributed by atoms with Crippen LogP contribution in [0.1, 0.15) is 91.3 Å². The van der Waals surface area contributed by atoms with Crippen molar-refractivity contribution in [2.75, 3.05) is 45.3 Å². The van der Waals surface area contributed by atoms with Gasteiger partial charge in [-0.3, -0.25) is 4.99 Å². The number of guanidine groups is 1. The lowest BCUT2D eigenvalue weighted by molar-refractivity contribution is 0.0724. The van der Waals surface area contributed by atoms with Crippen LogP contribution < -0.4 is 32.1 Å². The van der Waals surface area contributed by atoms with Crippen LogP contribution in [-0.4, -0.2) is 52.5 Å². The van der Waals surface area contributed by atoms with Crippen LogP contribution in [0.25, 0.3) is 12.2 Å². The number of aliphatic imine (C=N–C) groups is 1. The number of ether oxygens (including phenoxy) is 2. The Hall–Kier alpha value is -4.20. The number of allylic oxidation sites excluding steroid dienone is 2. The highest BCUT2D eigenvalue weighted by Crippen LogP contribution is 2.31. The molecular weight excluding hydrogens is 574 g/mol. The minimum absolute atomic E-state index is 0.0352. The molecule has 0 spiro atoms. The van der Waals surface area contributed by atoms with E-state index in [1.807, 2.05) is 14.0 Å². The van der Waals surface area contributed by atoms with Crippen molar-refractivity contribution in [1.29, 1.82) is 0 Å². The first-order valence-electron chi connectivity index (χ1n) is 16.4. The summed E-state index contributed by atoms with van der Waals surface area (Å²) in [6.45, 7) is 27.2. The van der Waals surface area contributed by atoms with Gasteiger partial charge in [-0.25, -0.2) is 4.79 Å². The van der Waals surface area contributed by atoms with Crippen LogP contribution in [0.4, 0.5) is 10.5 Å². The number of hydrogen-bond donors (Lipinski definition) is 3. The molecule has 1 aliphatic carbocycles. The second-order valence-corrected chi connectivity index (χ2v) is 10.5. The number of benzene rings is 2. The second-order valence-electron chi connectivity index (χ2n) is 10.5. The molecule has 0 aromatic heterocycles. The topological polar surface area (TPSA) is 115 Å². The lowest BCUT2D eigenvalue weighted by atomic mass is 9.83. The van der Waals surface area contributed by atoms with E-state index in [2.05, 4.69) is 129 Å². The van der Waals surface area contributed by atoms with Crippen molar-refractivity contribution in [3.63, 3.8) is 0 Å². The zero-order valence-corrected chi connectivity index (χ0v) is 30.5. The first-order chi connectivity index (χ1) is 22.0. The molecule has 0 bridgehead atoms. The van der Waals surface area contributed by atoms with Crippen molar-refractivity contribution in [2.45, 2.75) is 81.1 Å². The van der Waals surface area contributed by atoms with E-state index in [0.717, 1.165) is 24.7 Å². The highest BCUT2D eigenvalue weighted by molar-refractivity contribution is 5.83. The van der Waals surface area contributed by atoms with Crippen LogP contribution in [0.5, 0.6) is 0 Å². The Kier molecular flexibility index (Phi) is 25.9. The maximum absolute atomic E-state index is 10.4. The zero-order valence-electron chi connectivity index (χ0n) is 30.5. The fourth-order valence-corrected chi connectivity index (χ4v) is 4.34. The first-order valence-corrected chi connectivity index (χ1v) is 16.4. The fraction of sp³-hybridized carbons (Fsp3) is 0.474. The van der Waals surface area contributed by atoms with E-state index in [9.17, 15) is 4.79 Å². The van der Waals surface area contributed by atoms with Gasteiger partial charge in [0.2, 0.25) is 0 Å². The standard InChI is InChI=1S/C23H28N2.C6H13N3O3.2C3H8.C3H6/c1-6-25(7-2)20-9-11-22-19(14-20)13-18-12-16(3)8-10-21(18)23(22)17(4)15-24-5;1-11-6(10)12-4-2-3-9-5(7)8;3*1-3-2/h8-12,14-15,24H,3,6-7,13H2,1-2,4-5H3;2-4H2,1H3,(H4,7,8,9);2*3H2,1-2H3;3H,1H2,2H3. The van der Waals surface area contributed by atoms with E-state index >= 15 is 0 Å². The molecule has 46 heavy (non-hydrogen) atoms.